The van der Waals surface area contributed by atoms with Gasteiger partial charge < -0.3 is 10.1 Å². The van der Waals surface area contributed by atoms with Crippen LogP contribution in [0.1, 0.15) is 60.5 Å². The Balaban J connectivity index is 1.71. The number of H-pyrrole nitrogens is 1. The van der Waals surface area contributed by atoms with Crippen LogP contribution in [0.5, 0.6) is 5.75 Å². The van der Waals surface area contributed by atoms with Crippen LogP contribution in [-0.2, 0) is 0 Å². The number of aromatic nitrogens is 2. The molecule has 5 nitrogen and oxygen atoms in total. The number of anilines is 1. The average molecular weight is 392 g/mol. The fourth-order valence-corrected chi connectivity index (χ4v) is 3.62. The number of aromatic amines is 1. The van der Waals surface area contributed by atoms with Gasteiger partial charge in [-0.2, -0.15) is 5.10 Å². The third-order valence-electron chi connectivity index (χ3n) is 4.55. The highest BCUT2D eigenvalue weighted by atomic mass is 79.9. The maximum atomic E-state index is 12.5. The smallest absolute Gasteiger partial charge is 0.258 e. The van der Waals surface area contributed by atoms with Crippen LogP contribution in [0.25, 0.3) is 0 Å². The molecule has 1 saturated carbocycles. The molecule has 1 amide bonds. The highest BCUT2D eigenvalue weighted by Crippen LogP contribution is 2.31. The van der Waals surface area contributed by atoms with Crippen LogP contribution in [0.3, 0.4) is 0 Å². The lowest BCUT2D eigenvalue weighted by Crippen LogP contribution is -2.13. The molecule has 1 heterocycles. The largest absolute Gasteiger partial charge is 0.497 e. The molecule has 0 saturated heterocycles. The van der Waals surface area contributed by atoms with Gasteiger partial charge >= 0.3 is 0 Å². The highest BCUT2D eigenvalue weighted by Gasteiger charge is 2.18. The van der Waals surface area contributed by atoms with Gasteiger partial charge in [-0.1, -0.05) is 25.7 Å². The van der Waals surface area contributed by atoms with Gasteiger partial charge in [-0.3, -0.25) is 9.89 Å². The van der Waals surface area contributed by atoms with E-state index in [1.165, 1.54) is 38.5 Å². The zero-order chi connectivity index (χ0) is 16.9. The van der Waals surface area contributed by atoms with Crippen LogP contribution in [0.15, 0.2) is 28.7 Å². The predicted molar refractivity (Wildman–Crippen MR) is 97.7 cm³/mol. The molecule has 1 aliphatic carbocycles. The summed E-state index contributed by atoms with van der Waals surface area (Å²) in [6.07, 6.45) is 7.55. The van der Waals surface area contributed by atoms with Crippen molar-refractivity contribution >= 4 is 27.7 Å². The quantitative estimate of drug-likeness (QED) is 0.730. The van der Waals surface area contributed by atoms with E-state index in [4.69, 9.17) is 4.74 Å². The monoisotopic (exact) mass is 391 g/mol. The Bertz CT molecular complexity index is 706. The summed E-state index contributed by atoms with van der Waals surface area (Å²) in [4.78, 5) is 12.5. The standard InChI is InChI=1S/C18H22BrN3O2/c1-24-13-8-9-15(19)14(10-13)18(23)20-17-11-16(21-22-17)12-6-4-2-3-5-7-12/h8-12H,2-7H2,1H3,(H2,20,21,22,23). The van der Waals surface area contributed by atoms with Gasteiger partial charge in [-0.15, -0.1) is 0 Å². The number of rotatable bonds is 4. The molecule has 1 aliphatic rings. The third kappa shape index (κ3) is 3.98. The van der Waals surface area contributed by atoms with Crippen LogP contribution in [0.2, 0.25) is 0 Å². The Morgan fingerprint density at radius 2 is 2.00 bits per heavy atom. The summed E-state index contributed by atoms with van der Waals surface area (Å²) in [7, 11) is 1.58. The van der Waals surface area contributed by atoms with Gasteiger partial charge in [-0.05, 0) is 47.0 Å². The average Bonchev–Trinajstić information content (AvgIpc) is 2.88. The lowest BCUT2D eigenvalue weighted by molar-refractivity contribution is 0.102. The highest BCUT2D eigenvalue weighted by molar-refractivity contribution is 9.10. The molecule has 1 aromatic carbocycles. The predicted octanol–water partition coefficient (Wildman–Crippen LogP) is 4.87. The van der Waals surface area contributed by atoms with E-state index in [1.54, 1.807) is 25.3 Å². The van der Waals surface area contributed by atoms with Crippen molar-refractivity contribution in [2.45, 2.75) is 44.4 Å². The summed E-state index contributed by atoms with van der Waals surface area (Å²) >= 11 is 3.41. The van der Waals surface area contributed by atoms with Crippen LogP contribution >= 0.6 is 15.9 Å². The van der Waals surface area contributed by atoms with Crippen LogP contribution < -0.4 is 10.1 Å². The summed E-state index contributed by atoms with van der Waals surface area (Å²) < 4.78 is 5.91. The molecule has 0 spiro atoms. The minimum absolute atomic E-state index is 0.209. The number of nitrogens with one attached hydrogen (secondary N) is 2. The molecular formula is C18H22BrN3O2. The molecule has 24 heavy (non-hydrogen) atoms. The summed E-state index contributed by atoms with van der Waals surface area (Å²) in [6, 6.07) is 7.27. The molecular weight excluding hydrogens is 370 g/mol. The van der Waals surface area contributed by atoms with E-state index in [1.807, 2.05) is 6.07 Å². The number of methoxy groups -OCH3 is 1. The number of halogens is 1. The van der Waals surface area contributed by atoms with E-state index in [2.05, 4.69) is 31.4 Å². The second-order valence-electron chi connectivity index (χ2n) is 6.20. The van der Waals surface area contributed by atoms with Gasteiger partial charge in [0.2, 0.25) is 0 Å². The Morgan fingerprint density at radius 3 is 2.71 bits per heavy atom. The van der Waals surface area contributed by atoms with E-state index >= 15 is 0 Å². The van der Waals surface area contributed by atoms with E-state index in [0.29, 0.717) is 23.0 Å². The van der Waals surface area contributed by atoms with E-state index in [-0.39, 0.29) is 5.91 Å². The van der Waals surface area contributed by atoms with E-state index in [9.17, 15) is 4.79 Å². The van der Waals surface area contributed by atoms with Gasteiger partial charge in [0.25, 0.3) is 5.91 Å². The number of hydrogen-bond donors (Lipinski definition) is 2. The number of hydrogen-bond acceptors (Lipinski definition) is 3. The SMILES string of the molecule is COc1ccc(Br)c(C(=O)Nc2cc(C3CCCCCC3)[nH]n2)c1. The van der Waals surface area contributed by atoms with Crippen molar-refractivity contribution in [1.29, 1.82) is 0 Å². The number of carbonyl (C=O) groups excluding carboxylic acids is 1. The second-order valence-corrected chi connectivity index (χ2v) is 7.05. The van der Waals surface area contributed by atoms with Crippen LogP contribution in [0.4, 0.5) is 5.82 Å². The zero-order valence-electron chi connectivity index (χ0n) is 13.8. The minimum atomic E-state index is -0.209. The molecule has 128 valence electrons. The first-order chi connectivity index (χ1) is 11.7. The number of amides is 1. The topological polar surface area (TPSA) is 67.0 Å². The van der Waals surface area contributed by atoms with Gasteiger partial charge in [0.05, 0.1) is 12.7 Å². The maximum Gasteiger partial charge on any atom is 0.258 e. The molecule has 3 rings (SSSR count). The number of ether oxygens (including phenoxy) is 1. The molecule has 0 aliphatic heterocycles. The van der Waals surface area contributed by atoms with Crippen molar-refractivity contribution in [3.05, 3.63) is 40.0 Å². The molecule has 6 heteroatoms. The lowest BCUT2D eigenvalue weighted by atomic mass is 9.97. The van der Waals surface area contributed by atoms with Gasteiger partial charge in [0.1, 0.15) is 5.75 Å². The van der Waals surface area contributed by atoms with E-state index in [0.717, 1.165) is 10.2 Å². The second kappa shape index (κ2) is 7.83. The van der Waals surface area contributed by atoms with Crippen molar-refractivity contribution in [2.24, 2.45) is 0 Å². The van der Waals surface area contributed by atoms with Gasteiger partial charge in [-0.25, -0.2) is 0 Å². The molecule has 0 bridgehead atoms. The number of carbonyl (C=O) groups is 1. The van der Waals surface area contributed by atoms with Crippen molar-refractivity contribution in [3.63, 3.8) is 0 Å². The first kappa shape index (κ1) is 17.0. The van der Waals surface area contributed by atoms with Crippen LogP contribution in [-0.4, -0.2) is 23.2 Å². The molecule has 0 unspecified atom stereocenters. The molecule has 1 fully saturated rings. The Kier molecular flexibility index (Phi) is 5.56. The first-order valence-electron chi connectivity index (χ1n) is 8.37. The summed E-state index contributed by atoms with van der Waals surface area (Å²) in [6.45, 7) is 0. The Hall–Kier alpha value is -1.82. The lowest BCUT2D eigenvalue weighted by Gasteiger charge is -2.10. The third-order valence-corrected chi connectivity index (χ3v) is 5.24. The van der Waals surface area contributed by atoms with Crippen molar-refractivity contribution in [2.75, 3.05) is 12.4 Å². The maximum absolute atomic E-state index is 12.5. The Labute approximate surface area is 150 Å². The number of nitrogens with zero attached hydrogens (tertiary/aromatic N) is 1. The zero-order valence-corrected chi connectivity index (χ0v) is 15.4. The fourth-order valence-electron chi connectivity index (χ4n) is 3.19. The van der Waals surface area contributed by atoms with E-state index < -0.39 is 0 Å². The summed E-state index contributed by atoms with van der Waals surface area (Å²) in [5.74, 6) is 1.52. The first-order valence-corrected chi connectivity index (χ1v) is 9.17. The fraction of sp³-hybridized carbons (Fsp3) is 0.444. The van der Waals surface area contributed by atoms with Crippen molar-refractivity contribution in [1.82, 2.24) is 10.2 Å². The van der Waals surface area contributed by atoms with Crippen molar-refractivity contribution < 1.29 is 9.53 Å². The molecule has 2 aromatic rings. The molecule has 0 radical (unpaired) electrons. The van der Waals surface area contributed by atoms with Gasteiger partial charge in [0.15, 0.2) is 5.82 Å². The normalized spacial score (nSPS) is 15.8. The minimum Gasteiger partial charge on any atom is -0.497 e. The molecule has 2 N–H and O–H groups in total. The van der Waals surface area contributed by atoms with Gasteiger partial charge in [0, 0.05) is 22.2 Å². The summed E-state index contributed by atoms with van der Waals surface area (Å²) in [5.41, 5.74) is 1.64. The number of benzene rings is 1. The van der Waals surface area contributed by atoms with Crippen molar-refractivity contribution in [3.8, 4) is 5.75 Å². The summed E-state index contributed by atoms with van der Waals surface area (Å²) in [5, 5.41) is 10.2. The molecule has 1 aromatic heterocycles. The molecule has 0 atom stereocenters. The van der Waals surface area contributed by atoms with Crippen LogP contribution in [0, 0.1) is 0 Å². The Morgan fingerprint density at radius 1 is 1.25 bits per heavy atom.